The van der Waals surface area contributed by atoms with Crippen LogP contribution in [0.15, 0.2) is 130 Å². The van der Waals surface area contributed by atoms with Crippen molar-refractivity contribution in [3.63, 3.8) is 0 Å². The Kier molecular flexibility index (Phi) is 15.9. The SMILES string of the molecule is C=C=C=C=C=C=C.C=C=C=C=C=C=C.CCCCS(=O)c1sc2nc(-c3nccs3)cc(-c3ccc(C(=O)N(C)C)cc3)c2c1N. The van der Waals surface area contributed by atoms with Gasteiger partial charge >= 0.3 is 0 Å². The molecule has 3 heterocycles. The third-order valence-corrected chi connectivity index (χ3v) is 9.45. The van der Waals surface area contributed by atoms with Crippen LogP contribution in [0.2, 0.25) is 0 Å². The minimum atomic E-state index is -1.16. The van der Waals surface area contributed by atoms with E-state index in [1.807, 2.05) is 35.7 Å². The van der Waals surface area contributed by atoms with Crippen LogP contribution in [0, 0.1) is 0 Å². The van der Waals surface area contributed by atoms with Gasteiger partial charge in [0, 0.05) is 42.4 Å². The number of nitrogens with zero attached hydrogens (tertiary/aromatic N) is 3. The summed E-state index contributed by atoms with van der Waals surface area (Å²) in [7, 11) is 2.30. The first-order chi connectivity index (χ1) is 22.2. The number of benzene rings is 1. The van der Waals surface area contributed by atoms with E-state index in [9.17, 15) is 9.00 Å². The standard InChI is InChI=1S/C23H24N4O2S3.2C7H4/c1-4-5-12-32(29)23-19(24)18-16(14-6-8-15(9-7-14)22(28)27(2)3)13-17(26-21(18)31-23)20-25-10-11-30-20;2*1-3-5-7-6-4-2/h6-11,13H,4-5,12,24H2,1-3H3;2*1-2H2. The lowest BCUT2D eigenvalue weighted by molar-refractivity contribution is 0.0827. The molecule has 0 aliphatic rings. The number of amides is 1. The topological polar surface area (TPSA) is 89.2 Å². The van der Waals surface area contributed by atoms with Crippen LogP contribution < -0.4 is 5.73 Å². The summed E-state index contributed by atoms with van der Waals surface area (Å²) >= 11 is 2.91. The summed E-state index contributed by atoms with van der Waals surface area (Å²) in [5, 5.41) is 3.53. The lowest BCUT2D eigenvalue weighted by Crippen LogP contribution is -2.21. The minimum Gasteiger partial charge on any atom is -0.396 e. The molecular weight excluding hydrogens is 629 g/mol. The Labute approximate surface area is 280 Å². The molecule has 0 fully saturated rings. The van der Waals surface area contributed by atoms with Gasteiger partial charge in [0.15, 0.2) is 0 Å². The van der Waals surface area contributed by atoms with Gasteiger partial charge in [-0.15, -0.1) is 22.7 Å². The number of unbranched alkanes of at least 4 members (excludes halogenated alkanes) is 1. The van der Waals surface area contributed by atoms with Crippen LogP contribution in [0.4, 0.5) is 5.69 Å². The molecule has 0 aliphatic heterocycles. The van der Waals surface area contributed by atoms with Crippen LogP contribution in [0.1, 0.15) is 30.1 Å². The fourth-order valence-electron chi connectivity index (χ4n) is 3.61. The number of hydrogen-bond acceptors (Lipinski definition) is 7. The second-order valence-corrected chi connectivity index (χ2v) is 12.7. The number of rotatable bonds is 7. The monoisotopic (exact) mass is 660 g/mol. The molecule has 230 valence electrons. The van der Waals surface area contributed by atoms with Crippen molar-refractivity contribution in [2.45, 2.75) is 24.0 Å². The number of hydrogen-bond donors (Lipinski definition) is 1. The normalized spacial score (nSPS) is 9.54. The molecule has 3 aromatic heterocycles. The number of aromatic nitrogens is 2. The van der Waals surface area contributed by atoms with E-state index < -0.39 is 10.8 Å². The van der Waals surface area contributed by atoms with E-state index in [2.05, 4.69) is 95.5 Å². The van der Waals surface area contributed by atoms with E-state index in [0.29, 0.717) is 21.2 Å². The molecule has 0 spiro atoms. The molecule has 1 atom stereocenters. The van der Waals surface area contributed by atoms with Gasteiger partial charge in [-0.3, -0.25) is 9.00 Å². The van der Waals surface area contributed by atoms with Crippen molar-refractivity contribution in [2.75, 3.05) is 25.6 Å². The summed E-state index contributed by atoms with van der Waals surface area (Å²) in [6, 6.07) is 9.45. The lowest BCUT2D eigenvalue weighted by Gasteiger charge is -2.11. The molecule has 1 amide bonds. The summed E-state index contributed by atoms with van der Waals surface area (Å²) in [4.78, 5) is 23.8. The van der Waals surface area contributed by atoms with Crippen molar-refractivity contribution in [1.82, 2.24) is 14.9 Å². The number of carbonyl (C=O) groups excluding carboxylic acids is 1. The second-order valence-electron chi connectivity index (χ2n) is 9.01. The molecule has 0 saturated heterocycles. The zero-order valence-electron chi connectivity index (χ0n) is 26.0. The molecule has 0 bridgehead atoms. The van der Waals surface area contributed by atoms with E-state index in [0.717, 1.165) is 44.9 Å². The Hall–Kier alpha value is -5.34. The van der Waals surface area contributed by atoms with Crippen molar-refractivity contribution < 1.29 is 9.00 Å². The van der Waals surface area contributed by atoms with Crippen molar-refractivity contribution in [1.29, 1.82) is 0 Å². The molecular formula is C37H32N4O2S3. The predicted molar refractivity (Wildman–Crippen MR) is 192 cm³/mol. The van der Waals surface area contributed by atoms with E-state index in [1.54, 1.807) is 25.2 Å². The predicted octanol–water partition coefficient (Wildman–Crippen LogP) is 8.43. The highest BCUT2D eigenvalue weighted by Gasteiger charge is 2.21. The lowest BCUT2D eigenvalue weighted by atomic mass is 10.0. The van der Waals surface area contributed by atoms with Gasteiger partial charge in [-0.1, -0.05) is 48.4 Å². The minimum absolute atomic E-state index is 0.0523. The molecule has 1 unspecified atom stereocenters. The number of thiazole rings is 1. The number of nitrogen functional groups attached to an aromatic ring is 1. The van der Waals surface area contributed by atoms with Crippen LogP contribution in [0.25, 0.3) is 32.0 Å². The Balaban J connectivity index is 0.000000440. The first-order valence-corrected chi connectivity index (χ1v) is 16.7. The molecule has 4 rings (SSSR count). The quantitative estimate of drug-likeness (QED) is 0.201. The van der Waals surface area contributed by atoms with Gasteiger partial charge in [-0.2, -0.15) is 0 Å². The Morgan fingerprint density at radius 1 is 0.957 bits per heavy atom. The fraction of sp³-hybridized carbons (Fsp3) is 0.162. The molecule has 6 nitrogen and oxygen atoms in total. The van der Waals surface area contributed by atoms with Gasteiger partial charge in [-0.05, 0) is 96.4 Å². The third kappa shape index (κ3) is 10.7. The van der Waals surface area contributed by atoms with Crippen LogP contribution in [0.3, 0.4) is 0 Å². The highest BCUT2D eigenvalue weighted by molar-refractivity contribution is 7.87. The largest absolute Gasteiger partial charge is 0.396 e. The maximum absolute atomic E-state index is 12.9. The summed E-state index contributed by atoms with van der Waals surface area (Å²) in [5.74, 6) is 0.535. The molecule has 46 heavy (non-hydrogen) atoms. The fourth-order valence-corrected chi connectivity index (χ4v) is 7.01. The first-order valence-electron chi connectivity index (χ1n) is 13.7. The van der Waals surface area contributed by atoms with Crippen LogP contribution in [-0.4, -0.2) is 44.8 Å². The maximum Gasteiger partial charge on any atom is 0.253 e. The number of thiophene rings is 1. The smallest absolute Gasteiger partial charge is 0.253 e. The Morgan fingerprint density at radius 2 is 1.54 bits per heavy atom. The van der Waals surface area contributed by atoms with Gasteiger partial charge in [-0.25, -0.2) is 9.97 Å². The van der Waals surface area contributed by atoms with Crippen LogP contribution >= 0.6 is 22.7 Å². The second kappa shape index (κ2) is 19.8. The molecule has 0 aliphatic carbocycles. The number of carbonyl (C=O) groups is 1. The van der Waals surface area contributed by atoms with Crippen molar-refractivity contribution in [3.05, 3.63) is 131 Å². The van der Waals surface area contributed by atoms with E-state index >= 15 is 0 Å². The summed E-state index contributed by atoms with van der Waals surface area (Å²) in [6.07, 6.45) is 3.61. The third-order valence-electron chi connectivity index (χ3n) is 5.66. The molecule has 0 saturated carbocycles. The number of pyridine rings is 1. The summed E-state index contributed by atoms with van der Waals surface area (Å²) in [5.41, 5.74) is 34.3. The average Bonchev–Trinajstić information content (AvgIpc) is 3.73. The van der Waals surface area contributed by atoms with Crippen LogP contribution in [0.5, 0.6) is 0 Å². The zero-order chi connectivity index (χ0) is 33.9. The van der Waals surface area contributed by atoms with E-state index in [1.165, 1.54) is 22.7 Å². The molecule has 9 heteroatoms. The van der Waals surface area contributed by atoms with E-state index in [4.69, 9.17) is 10.7 Å². The molecule has 1 aromatic carbocycles. The van der Waals surface area contributed by atoms with Gasteiger partial charge in [0.1, 0.15) is 19.7 Å². The first kappa shape index (κ1) is 36.8. The van der Waals surface area contributed by atoms with Gasteiger partial charge in [0.2, 0.25) is 0 Å². The highest BCUT2D eigenvalue weighted by Crippen LogP contribution is 2.43. The van der Waals surface area contributed by atoms with Gasteiger partial charge in [0.05, 0.1) is 16.5 Å². The zero-order valence-corrected chi connectivity index (χ0v) is 28.4. The summed E-state index contributed by atoms with van der Waals surface area (Å²) in [6.45, 7) is 15.1. The van der Waals surface area contributed by atoms with Crippen molar-refractivity contribution >= 4 is 55.3 Å². The van der Waals surface area contributed by atoms with Gasteiger partial charge in [0.25, 0.3) is 5.91 Å². The Morgan fingerprint density at radius 3 is 2.02 bits per heavy atom. The maximum atomic E-state index is 12.9. The number of anilines is 1. The van der Waals surface area contributed by atoms with Crippen LogP contribution in [-0.2, 0) is 10.8 Å². The molecule has 4 aromatic rings. The Bertz CT molecular complexity index is 1980. The molecule has 0 radical (unpaired) electrons. The summed E-state index contributed by atoms with van der Waals surface area (Å²) < 4.78 is 13.6. The average molecular weight is 661 g/mol. The highest BCUT2D eigenvalue weighted by atomic mass is 32.2. The van der Waals surface area contributed by atoms with Crippen molar-refractivity contribution in [3.8, 4) is 21.8 Å². The number of nitrogens with two attached hydrogens (primary N) is 1. The molecule has 2 N–H and O–H groups in total. The van der Waals surface area contributed by atoms with Crippen molar-refractivity contribution in [2.24, 2.45) is 0 Å². The number of fused-ring (bicyclic) bond motifs is 1. The van der Waals surface area contributed by atoms with Gasteiger partial charge < -0.3 is 10.6 Å². The van der Waals surface area contributed by atoms with E-state index in [-0.39, 0.29) is 5.91 Å².